The molecule has 6 nitrogen and oxygen atoms in total. The van der Waals surface area contributed by atoms with Crippen LogP contribution in [0.15, 0.2) is 60.9 Å². The van der Waals surface area contributed by atoms with Crippen LogP contribution in [0.1, 0.15) is 17.5 Å². The number of carbonyl (C=O) groups excluding carboxylic acids is 2. The fourth-order valence-electron chi connectivity index (χ4n) is 3.39. The van der Waals surface area contributed by atoms with Crippen molar-refractivity contribution in [1.29, 1.82) is 0 Å². The van der Waals surface area contributed by atoms with Crippen LogP contribution in [0.3, 0.4) is 0 Å². The van der Waals surface area contributed by atoms with Crippen LogP contribution in [0, 0.1) is 18.7 Å². The average Bonchev–Trinajstić information content (AvgIpc) is 3.36. The molecular weight excluding hydrogens is 371 g/mol. The molecule has 148 valence electrons. The first kappa shape index (κ1) is 18.9. The molecule has 0 unspecified atom stereocenters. The third-order valence-corrected chi connectivity index (χ3v) is 5.09. The van der Waals surface area contributed by atoms with Crippen molar-refractivity contribution in [3.63, 3.8) is 0 Å². The molecule has 0 radical (unpaired) electrons. The van der Waals surface area contributed by atoms with E-state index in [2.05, 4.69) is 10.4 Å². The summed E-state index contributed by atoms with van der Waals surface area (Å²) in [5.74, 6) is -1.19. The molecule has 1 atom stereocenters. The third kappa shape index (κ3) is 4.03. The minimum Gasteiger partial charge on any atom is -0.352 e. The van der Waals surface area contributed by atoms with Crippen LogP contribution >= 0.6 is 0 Å². The summed E-state index contributed by atoms with van der Waals surface area (Å²) in [5.41, 5.74) is 2.81. The summed E-state index contributed by atoms with van der Waals surface area (Å²) in [6, 6.07) is 14.4. The van der Waals surface area contributed by atoms with E-state index in [-0.39, 0.29) is 30.6 Å². The summed E-state index contributed by atoms with van der Waals surface area (Å²) in [6.45, 7) is 2.24. The second kappa shape index (κ2) is 7.87. The first-order valence-electron chi connectivity index (χ1n) is 9.44. The third-order valence-electron chi connectivity index (χ3n) is 5.09. The fraction of sp³-hybridized carbons (Fsp3) is 0.227. The molecule has 3 aromatic rings. The number of anilines is 1. The Labute approximate surface area is 167 Å². The Hall–Kier alpha value is -3.48. The number of benzene rings is 2. The summed E-state index contributed by atoms with van der Waals surface area (Å²) in [6.07, 6.45) is 3.68. The van der Waals surface area contributed by atoms with Gasteiger partial charge in [0.25, 0.3) is 0 Å². The van der Waals surface area contributed by atoms with E-state index >= 15 is 0 Å². The van der Waals surface area contributed by atoms with E-state index in [9.17, 15) is 14.0 Å². The van der Waals surface area contributed by atoms with Crippen molar-refractivity contribution in [2.24, 2.45) is 5.92 Å². The second-order valence-corrected chi connectivity index (χ2v) is 7.19. The lowest BCUT2D eigenvalue weighted by molar-refractivity contribution is -0.126. The second-order valence-electron chi connectivity index (χ2n) is 7.19. The Kier molecular flexibility index (Phi) is 5.12. The number of rotatable bonds is 5. The van der Waals surface area contributed by atoms with Crippen molar-refractivity contribution in [3.8, 4) is 5.69 Å². The van der Waals surface area contributed by atoms with Crippen molar-refractivity contribution in [2.45, 2.75) is 19.9 Å². The number of carbonyl (C=O) groups is 2. The molecule has 1 N–H and O–H groups in total. The molecule has 0 spiro atoms. The maximum absolute atomic E-state index is 13.8. The van der Waals surface area contributed by atoms with Gasteiger partial charge >= 0.3 is 0 Å². The van der Waals surface area contributed by atoms with E-state index in [1.807, 2.05) is 36.5 Å². The standard InChI is InChI=1S/C22H21FN4O2/c1-15-7-8-19(10-20(15)23)26-14-17(9-21(26)28)22(29)24-11-16-12-25-27(13-16)18-5-3-2-4-6-18/h2-8,10,12-13,17H,9,11,14H2,1H3,(H,24,29)/t17-/m1/s1. The molecule has 4 rings (SSSR count). The molecule has 2 heterocycles. The smallest absolute Gasteiger partial charge is 0.227 e. The van der Waals surface area contributed by atoms with E-state index < -0.39 is 5.92 Å². The number of aromatic nitrogens is 2. The van der Waals surface area contributed by atoms with Crippen LogP contribution in [0.2, 0.25) is 0 Å². The van der Waals surface area contributed by atoms with E-state index in [4.69, 9.17) is 0 Å². The normalized spacial score (nSPS) is 16.3. The molecule has 7 heteroatoms. The highest BCUT2D eigenvalue weighted by Gasteiger charge is 2.35. The van der Waals surface area contributed by atoms with Crippen molar-refractivity contribution >= 4 is 17.5 Å². The average molecular weight is 392 g/mol. The summed E-state index contributed by atoms with van der Waals surface area (Å²) in [4.78, 5) is 26.4. The number of aryl methyl sites for hydroxylation is 1. The zero-order chi connectivity index (χ0) is 20.4. The molecule has 0 saturated carbocycles. The van der Waals surface area contributed by atoms with Crippen LogP contribution in [0.25, 0.3) is 5.69 Å². The van der Waals surface area contributed by atoms with Crippen LogP contribution < -0.4 is 10.2 Å². The molecule has 1 aliphatic rings. The van der Waals surface area contributed by atoms with Gasteiger partial charge in [0.1, 0.15) is 5.82 Å². The Morgan fingerprint density at radius 3 is 2.76 bits per heavy atom. The van der Waals surface area contributed by atoms with E-state index in [1.54, 1.807) is 29.9 Å². The number of halogens is 1. The summed E-state index contributed by atoms with van der Waals surface area (Å²) in [7, 11) is 0. The molecule has 2 amide bonds. The predicted octanol–water partition coefficient (Wildman–Crippen LogP) is 2.99. The van der Waals surface area contributed by atoms with Gasteiger partial charge in [-0.3, -0.25) is 9.59 Å². The Bertz CT molecular complexity index is 1050. The van der Waals surface area contributed by atoms with Gasteiger partial charge in [-0.15, -0.1) is 0 Å². The largest absolute Gasteiger partial charge is 0.352 e. The van der Waals surface area contributed by atoms with Gasteiger partial charge in [0.15, 0.2) is 0 Å². The summed E-state index contributed by atoms with van der Waals surface area (Å²) in [5, 5.41) is 7.18. The van der Waals surface area contributed by atoms with E-state index in [1.165, 1.54) is 11.0 Å². The first-order chi connectivity index (χ1) is 14.0. The number of nitrogens with one attached hydrogen (secondary N) is 1. The molecule has 1 saturated heterocycles. The minimum absolute atomic E-state index is 0.116. The van der Waals surface area contributed by atoms with Crippen molar-refractivity contribution in [3.05, 3.63) is 77.9 Å². The molecule has 1 fully saturated rings. The van der Waals surface area contributed by atoms with Crippen LogP contribution in [-0.4, -0.2) is 28.1 Å². The van der Waals surface area contributed by atoms with E-state index in [0.29, 0.717) is 17.8 Å². The van der Waals surface area contributed by atoms with Gasteiger partial charge in [0, 0.05) is 37.0 Å². The van der Waals surface area contributed by atoms with Gasteiger partial charge in [-0.05, 0) is 36.8 Å². The summed E-state index contributed by atoms with van der Waals surface area (Å²) >= 11 is 0. The number of hydrogen-bond acceptors (Lipinski definition) is 3. The quantitative estimate of drug-likeness (QED) is 0.726. The Morgan fingerprint density at radius 1 is 1.21 bits per heavy atom. The van der Waals surface area contributed by atoms with Crippen LogP contribution in [0.4, 0.5) is 10.1 Å². The molecule has 0 bridgehead atoms. The predicted molar refractivity (Wildman–Crippen MR) is 107 cm³/mol. The monoisotopic (exact) mass is 392 g/mol. The highest BCUT2D eigenvalue weighted by atomic mass is 19.1. The maximum atomic E-state index is 13.8. The van der Waals surface area contributed by atoms with Gasteiger partial charge in [-0.25, -0.2) is 9.07 Å². The molecule has 0 aliphatic carbocycles. The molecule has 1 aliphatic heterocycles. The zero-order valence-electron chi connectivity index (χ0n) is 16.0. The zero-order valence-corrected chi connectivity index (χ0v) is 16.0. The number of para-hydroxylation sites is 1. The van der Waals surface area contributed by atoms with E-state index in [0.717, 1.165) is 11.3 Å². The topological polar surface area (TPSA) is 67.2 Å². The Balaban J connectivity index is 1.36. The SMILES string of the molecule is Cc1ccc(N2C[C@H](C(=O)NCc3cnn(-c4ccccc4)c3)CC2=O)cc1F. The van der Waals surface area contributed by atoms with Crippen LogP contribution in [0.5, 0.6) is 0 Å². The highest BCUT2D eigenvalue weighted by Crippen LogP contribution is 2.26. The number of hydrogen-bond donors (Lipinski definition) is 1. The first-order valence-corrected chi connectivity index (χ1v) is 9.44. The van der Waals surface area contributed by atoms with Crippen LogP contribution in [-0.2, 0) is 16.1 Å². The van der Waals surface area contributed by atoms with Gasteiger partial charge in [-0.1, -0.05) is 24.3 Å². The fourth-order valence-corrected chi connectivity index (χ4v) is 3.39. The Morgan fingerprint density at radius 2 is 2.00 bits per heavy atom. The van der Waals surface area contributed by atoms with Gasteiger partial charge in [0.05, 0.1) is 17.8 Å². The summed E-state index contributed by atoms with van der Waals surface area (Å²) < 4.78 is 15.6. The van der Waals surface area contributed by atoms with Crippen molar-refractivity contribution < 1.29 is 14.0 Å². The minimum atomic E-state index is -0.462. The molecular formula is C22H21FN4O2. The van der Waals surface area contributed by atoms with Crippen molar-refractivity contribution in [2.75, 3.05) is 11.4 Å². The van der Waals surface area contributed by atoms with Crippen molar-refractivity contribution in [1.82, 2.24) is 15.1 Å². The lowest BCUT2D eigenvalue weighted by Crippen LogP contribution is -2.32. The molecule has 29 heavy (non-hydrogen) atoms. The van der Waals surface area contributed by atoms with Gasteiger partial charge < -0.3 is 10.2 Å². The number of nitrogens with zero attached hydrogens (tertiary/aromatic N) is 3. The maximum Gasteiger partial charge on any atom is 0.227 e. The molecule has 2 aromatic carbocycles. The lowest BCUT2D eigenvalue weighted by Gasteiger charge is -2.17. The number of amides is 2. The molecule has 1 aromatic heterocycles. The van der Waals surface area contributed by atoms with Gasteiger partial charge in [-0.2, -0.15) is 5.10 Å². The highest BCUT2D eigenvalue weighted by molar-refractivity contribution is 6.00. The lowest BCUT2D eigenvalue weighted by atomic mass is 10.1. The van der Waals surface area contributed by atoms with Gasteiger partial charge in [0.2, 0.25) is 11.8 Å².